The van der Waals surface area contributed by atoms with Gasteiger partial charge < -0.3 is 20.1 Å². The second-order valence-corrected chi connectivity index (χ2v) is 5.14. The van der Waals surface area contributed by atoms with Crippen molar-refractivity contribution in [2.75, 3.05) is 25.1 Å². The van der Waals surface area contributed by atoms with Gasteiger partial charge in [-0.3, -0.25) is 4.79 Å². The number of benzene rings is 1. The molecule has 2 N–H and O–H groups in total. The quantitative estimate of drug-likeness (QED) is 0.889. The Morgan fingerprint density at radius 3 is 2.81 bits per heavy atom. The number of carbonyl (C=O) groups is 2. The maximum atomic E-state index is 12.4. The molecule has 1 saturated heterocycles. The predicted octanol–water partition coefficient (Wildman–Crippen LogP) is 1.95. The Labute approximate surface area is 123 Å². The zero-order valence-electron chi connectivity index (χ0n) is 12.2. The number of carboxylic acid groups (broad SMARTS) is 1. The molecule has 1 aromatic rings. The molecule has 21 heavy (non-hydrogen) atoms. The van der Waals surface area contributed by atoms with Crippen molar-refractivity contribution in [2.45, 2.75) is 19.9 Å². The van der Waals surface area contributed by atoms with Gasteiger partial charge in [-0.2, -0.15) is 0 Å². The monoisotopic (exact) mass is 292 g/mol. The fourth-order valence-corrected chi connectivity index (χ4v) is 2.53. The fourth-order valence-electron chi connectivity index (χ4n) is 2.53. The second kappa shape index (κ2) is 6.58. The minimum atomic E-state index is -0.931. The number of aliphatic carboxylic acids is 1. The summed E-state index contributed by atoms with van der Waals surface area (Å²) in [6.07, 6.45) is 0. The number of rotatable bonds is 4. The molecule has 0 spiro atoms. The summed E-state index contributed by atoms with van der Waals surface area (Å²) in [6.45, 7) is 4.60. The lowest BCUT2D eigenvalue weighted by Crippen LogP contribution is -2.48. The number of nitrogens with one attached hydrogen (secondary N) is 1. The van der Waals surface area contributed by atoms with E-state index in [9.17, 15) is 14.7 Å². The molecule has 1 fully saturated rings. The van der Waals surface area contributed by atoms with Gasteiger partial charge in [-0.05, 0) is 31.5 Å². The van der Waals surface area contributed by atoms with Crippen molar-refractivity contribution in [3.05, 3.63) is 29.8 Å². The van der Waals surface area contributed by atoms with E-state index in [1.165, 1.54) is 4.90 Å². The first-order chi connectivity index (χ1) is 10.0. The molecule has 6 heteroatoms. The van der Waals surface area contributed by atoms with Crippen LogP contribution in [0.2, 0.25) is 0 Å². The van der Waals surface area contributed by atoms with Gasteiger partial charge in [0.15, 0.2) is 0 Å². The molecule has 2 rings (SSSR count). The van der Waals surface area contributed by atoms with Gasteiger partial charge in [0.1, 0.15) is 5.92 Å². The zero-order valence-corrected chi connectivity index (χ0v) is 12.2. The Morgan fingerprint density at radius 1 is 1.43 bits per heavy atom. The molecule has 1 aliphatic rings. The van der Waals surface area contributed by atoms with E-state index in [4.69, 9.17) is 4.74 Å². The van der Waals surface area contributed by atoms with Crippen LogP contribution in [0.1, 0.15) is 12.5 Å². The van der Waals surface area contributed by atoms with E-state index in [2.05, 4.69) is 5.32 Å². The summed E-state index contributed by atoms with van der Waals surface area (Å²) in [7, 11) is 0. The van der Waals surface area contributed by atoms with Crippen molar-refractivity contribution < 1.29 is 19.4 Å². The maximum absolute atomic E-state index is 12.4. The summed E-state index contributed by atoms with van der Waals surface area (Å²) >= 11 is 0. The summed E-state index contributed by atoms with van der Waals surface area (Å²) in [5.41, 5.74) is 1.74. The van der Waals surface area contributed by atoms with Gasteiger partial charge in [-0.15, -0.1) is 0 Å². The van der Waals surface area contributed by atoms with Gasteiger partial charge in [-0.25, -0.2) is 4.79 Å². The number of likely N-dealkylation sites (N-methyl/N-ethyl adjacent to an activating group) is 1. The van der Waals surface area contributed by atoms with Crippen molar-refractivity contribution in [1.29, 1.82) is 0 Å². The summed E-state index contributed by atoms with van der Waals surface area (Å²) in [6, 6.07) is 6.74. The first-order valence-electron chi connectivity index (χ1n) is 6.97. The minimum absolute atomic E-state index is 0.147. The lowest BCUT2D eigenvalue weighted by molar-refractivity contribution is -0.142. The molecule has 1 aromatic carbocycles. The molecular weight excluding hydrogens is 272 g/mol. The molecule has 2 amide bonds. The summed E-state index contributed by atoms with van der Waals surface area (Å²) in [5.74, 6) is -1.60. The van der Waals surface area contributed by atoms with Crippen LogP contribution in [0.15, 0.2) is 24.3 Å². The van der Waals surface area contributed by atoms with Gasteiger partial charge in [0.05, 0.1) is 19.3 Å². The number of aryl methyl sites for hydroxylation is 1. The highest BCUT2D eigenvalue weighted by molar-refractivity contribution is 5.90. The van der Waals surface area contributed by atoms with E-state index in [0.29, 0.717) is 12.2 Å². The number of carbonyl (C=O) groups excluding carboxylic acids is 1. The molecule has 6 nitrogen and oxygen atoms in total. The summed E-state index contributed by atoms with van der Waals surface area (Å²) in [5, 5.41) is 12.0. The van der Waals surface area contributed by atoms with Gasteiger partial charge in [0.2, 0.25) is 0 Å². The Kier molecular flexibility index (Phi) is 4.80. The fraction of sp³-hybridized carbons (Fsp3) is 0.467. The second-order valence-electron chi connectivity index (χ2n) is 5.14. The highest BCUT2D eigenvalue weighted by atomic mass is 16.5. The molecule has 2 atom stereocenters. The topological polar surface area (TPSA) is 78.9 Å². The Morgan fingerprint density at radius 2 is 2.19 bits per heavy atom. The van der Waals surface area contributed by atoms with Gasteiger partial charge >= 0.3 is 12.0 Å². The van der Waals surface area contributed by atoms with Crippen LogP contribution in [-0.4, -0.2) is 47.8 Å². The zero-order chi connectivity index (χ0) is 15.4. The van der Waals surface area contributed by atoms with Crippen molar-refractivity contribution in [3.63, 3.8) is 0 Å². The van der Waals surface area contributed by atoms with Crippen molar-refractivity contribution in [1.82, 2.24) is 4.90 Å². The first-order valence-corrected chi connectivity index (χ1v) is 6.97. The van der Waals surface area contributed by atoms with E-state index in [1.54, 1.807) is 6.07 Å². The van der Waals surface area contributed by atoms with Crippen LogP contribution in [0.5, 0.6) is 0 Å². The van der Waals surface area contributed by atoms with E-state index in [-0.39, 0.29) is 19.2 Å². The largest absolute Gasteiger partial charge is 0.481 e. The molecule has 2 unspecified atom stereocenters. The molecule has 1 aliphatic heterocycles. The number of hydrogen-bond donors (Lipinski definition) is 2. The Hall–Kier alpha value is -2.08. The standard InChI is InChI=1S/C15H20N2O4/c1-3-17(13-9-21-8-12(13)14(18)19)15(20)16-11-6-4-5-10(2)7-11/h4-7,12-13H,3,8-9H2,1-2H3,(H,16,20)(H,18,19). The van der Waals surface area contributed by atoms with Crippen LogP contribution >= 0.6 is 0 Å². The molecule has 0 aliphatic carbocycles. The molecular formula is C15H20N2O4. The molecule has 0 radical (unpaired) electrons. The molecule has 114 valence electrons. The maximum Gasteiger partial charge on any atom is 0.322 e. The van der Waals surface area contributed by atoms with Crippen molar-refractivity contribution >= 4 is 17.7 Å². The first kappa shape index (κ1) is 15.3. The number of hydrogen-bond acceptors (Lipinski definition) is 3. The van der Waals surface area contributed by atoms with Gasteiger partial charge in [-0.1, -0.05) is 12.1 Å². The van der Waals surface area contributed by atoms with Crippen LogP contribution in [0, 0.1) is 12.8 Å². The third kappa shape index (κ3) is 3.52. The SMILES string of the molecule is CCN(C(=O)Nc1cccc(C)c1)C1COCC1C(=O)O. The minimum Gasteiger partial charge on any atom is -0.481 e. The summed E-state index contributed by atoms with van der Waals surface area (Å²) < 4.78 is 5.23. The molecule has 1 heterocycles. The number of nitrogens with zero attached hydrogens (tertiary/aromatic N) is 1. The van der Waals surface area contributed by atoms with Crippen LogP contribution < -0.4 is 5.32 Å². The number of anilines is 1. The average Bonchev–Trinajstić information content (AvgIpc) is 2.89. The molecule has 0 saturated carbocycles. The average molecular weight is 292 g/mol. The lowest BCUT2D eigenvalue weighted by atomic mass is 10.0. The molecule has 0 bridgehead atoms. The van der Waals surface area contributed by atoms with Crippen molar-refractivity contribution in [3.8, 4) is 0 Å². The van der Waals surface area contributed by atoms with Crippen molar-refractivity contribution in [2.24, 2.45) is 5.92 Å². The van der Waals surface area contributed by atoms with Crippen LogP contribution in [0.25, 0.3) is 0 Å². The van der Waals surface area contributed by atoms with Crippen LogP contribution in [0.3, 0.4) is 0 Å². The Balaban J connectivity index is 2.10. The normalized spacial score (nSPS) is 21.0. The van der Waals surface area contributed by atoms with Crippen LogP contribution in [-0.2, 0) is 9.53 Å². The highest BCUT2D eigenvalue weighted by Gasteiger charge is 2.39. The van der Waals surface area contributed by atoms with E-state index < -0.39 is 17.9 Å². The van der Waals surface area contributed by atoms with E-state index >= 15 is 0 Å². The predicted molar refractivity (Wildman–Crippen MR) is 78.3 cm³/mol. The Bertz CT molecular complexity index is 532. The number of amides is 2. The summed E-state index contributed by atoms with van der Waals surface area (Å²) in [4.78, 5) is 25.1. The number of ether oxygens (including phenoxy) is 1. The highest BCUT2D eigenvalue weighted by Crippen LogP contribution is 2.21. The van der Waals surface area contributed by atoms with E-state index in [0.717, 1.165) is 5.56 Å². The number of urea groups is 1. The van der Waals surface area contributed by atoms with Crippen LogP contribution in [0.4, 0.5) is 10.5 Å². The third-order valence-corrected chi connectivity index (χ3v) is 3.64. The smallest absolute Gasteiger partial charge is 0.322 e. The third-order valence-electron chi connectivity index (χ3n) is 3.64. The van der Waals surface area contributed by atoms with E-state index in [1.807, 2.05) is 32.0 Å². The lowest BCUT2D eigenvalue weighted by Gasteiger charge is -2.29. The van der Waals surface area contributed by atoms with Gasteiger partial charge in [0, 0.05) is 12.2 Å². The number of carboxylic acids is 1. The molecule has 0 aromatic heterocycles. The van der Waals surface area contributed by atoms with Gasteiger partial charge in [0.25, 0.3) is 0 Å².